The molecule has 0 saturated carbocycles. The highest BCUT2D eigenvalue weighted by Gasteiger charge is 2.35. The van der Waals surface area contributed by atoms with E-state index in [0.717, 1.165) is 5.56 Å². The number of aromatic hydroxyl groups is 1. The van der Waals surface area contributed by atoms with Crippen LogP contribution in [0.3, 0.4) is 0 Å². The van der Waals surface area contributed by atoms with Gasteiger partial charge in [0.05, 0.1) is 12.2 Å². The minimum absolute atomic E-state index is 0.0189. The molecule has 0 unspecified atom stereocenters. The molecule has 0 spiro atoms. The highest BCUT2D eigenvalue weighted by molar-refractivity contribution is 6.54. The molecule has 0 atom stereocenters. The fourth-order valence-corrected chi connectivity index (χ4v) is 3.13. The smallest absolute Gasteiger partial charge is 0.423 e. The van der Waals surface area contributed by atoms with Crippen molar-refractivity contribution in [2.45, 2.75) is 6.54 Å². The lowest BCUT2D eigenvalue weighted by molar-refractivity contribution is -0.152. The molecule has 31 heavy (non-hydrogen) atoms. The fraction of sp³-hybridized carbons (Fsp3) is 0.0435. The number of benzene rings is 3. The minimum Gasteiger partial charge on any atom is -0.508 e. The topological polar surface area (TPSA) is 108 Å². The Morgan fingerprint density at radius 3 is 2.35 bits per heavy atom. The SMILES string of the molecule is O=C(Nc1ccc(O)cc1)C(=O)ON=C1C(=O)N(Cc2ccccc2)c2ccccc21. The molecular formula is C23H17N3O5. The average Bonchev–Trinajstić information content (AvgIpc) is 3.05. The maximum Gasteiger partial charge on any atom is 0.423 e. The van der Waals surface area contributed by atoms with Crippen LogP contribution in [0.1, 0.15) is 11.1 Å². The van der Waals surface area contributed by atoms with Crippen LogP contribution >= 0.6 is 0 Å². The van der Waals surface area contributed by atoms with Crippen molar-refractivity contribution in [1.82, 2.24) is 0 Å². The van der Waals surface area contributed by atoms with Gasteiger partial charge in [-0.05, 0) is 35.9 Å². The third-order valence-corrected chi connectivity index (χ3v) is 4.61. The second-order valence-corrected chi connectivity index (χ2v) is 6.71. The molecule has 0 fully saturated rings. The summed E-state index contributed by atoms with van der Waals surface area (Å²) < 4.78 is 0. The number of amides is 2. The summed E-state index contributed by atoms with van der Waals surface area (Å²) in [4.78, 5) is 43.3. The van der Waals surface area contributed by atoms with E-state index in [0.29, 0.717) is 23.5 Å². The molecular weight excluding hydrogens is 398 g/mol. The van der Waals surface area contributed by atoms with Crippen LogP contribution in [0.15, 0.2) is 84.0 Å². The first-order valence-corrected chi connectivity index (χ1v) is 9.37. The summed E-state index contributed by atoms with van der Waals surface area (Å²) in [6.45, 7) is 0.324. The van der Waals surface area contributed by atoms with E-state index in [2.05, 4.69) is 10.5 Å². The molecule has 0 saturated heterocycles. The Kier molecular flexibility index (Phi) is 5.44. The number of para-hydroxylation sites is 1. The van der Waals surface area contributed by atoms with Gasteiger partial charge in [-0.25, -0.2) is 4.79 Å². The van der Waals surface area contributed by atoms with Crippen LogP contribution < -0.4 is 10.2 Å². The summed E-state index contributed by atoms with van der Waals surface area (Å²) in [5, 5.41) is 15.3. The number of hydrogen-bond donors (Lipinski definition) is 2. The minimum atomic E-state index is -1.27. The zero-order valence-electron chi connectivity index (χ0n) is 16.2. The zero-order valence-corrected chi connectivity index (χ0v) is 16.2. The van der Waals surface area contributed by atoms with Crippen LogP contribution in [-0.4, -0.2) is 28.6 Å². The van der Waals surface area contributed by atoms with E-state index in [4.69, 9.17) is 4.84 Å². The summed E-state index contributed by atoms with van der Waals surface area (Å²) >= 11 is 0. The number of fused-ring (bicyclic) bond motifs is 1. The maximum atomic E-state index is 13.0. The molecule has 2 amide bonds. The molecule has 2 N–H and O–H groups in total. The first kappa shape index (κ1) is 19.8. The Bertz CT molecular complexity index is 1170. The molecule has 0 aliphatic carbocycles. The Labute approximate surface area is 177 Å². The predicted octanol–water partition coefficient (Wildman–Crippen LogP) is 2.83. The summed E-state index contributed by atoms with van der Waals surface area (Å²) in [5.41, 5.74) is 2.31. The number of phenols is 1. The molecule has 0 bridgehead atoms. The number of carbonyl (C=O) groups excluding carboxylic acids is 3. The van der Waals surface area contributed by atoms with Crippen molar-refractivity contribution in [3.63, 3.8) is 0 Å². The van der Waals surface area contributed by atoms with Gasteiger partial charge in [-0.1, -0.05) is 53.7 Å². The van der Waals surface area contributed by atoms with Gasteiger partial charge in [-0.15, -0.1) is 0 Å². The van der Waals surface area contributed by atoms with Crippen LogP contribution in [0.25, 0.3) is 0 Å². The number of nitrogens with zero attached hydrogens (tertiary/aromatic N) is 2. The Balaban J connectivity index is 1.50. The average molecular weight is 415 g/mol. The molecule has 0 aromatic heterocycles. The first-order valence-electron chi connectivity index (χ1n) is 9.37. The monoisotopic (exact) mass is 415 g/mol. The standard InChI is InChI=1S/C23H17N3O5/c27-17-12-10-16(11-13-17)24-21(28)23(30)31-25-20-18-8-4-5-9-19(18)26(22(20)29)14-15-6-2-1-3-7-15/h1-13,27H,14H2,(H,24,28). The normalized spacial score (nSPS) is 13.7. The van der Waals surface area contributed by atoms with Crippen molar-refractivity contribution in [1.29, 1.82) is 0 Å². The molecule has 1 heterocycles. The molecule has 8 nitrogen and oxygen atoms in total. The second-order valence-electron chi connectivity index (χ2n) is 6.71. The van der Waals surface area contributed by atoms with Gasteiger partial charge in [0.2, 0.25) is 0 Å². The summed E-state index contributed by atoms with van der Waals surface area (Å²) in [6.07, 6.45) is 0. The van der Waals surface area contributed by atoms with Crippen LogP contribution in [0.5, 0.6) is 5.75 Å². The van der Waals surface area contributed by atoms with Gasteiger partial charge in [0, 0.05) is 11.3 Å². The molecule has 0 radical (unpaired) electrons. The van der Waals surface area contributed by atoms with Crippen molar-refractivity contribution in [3.8, 4) is 5.75 Å². The third-order valence-electron chi connectivity index (χ3n) is 4.61. The first-order chi connectivity index (χ1) is 15.0. The molecule has 154 valence electrons. The van der Waals surface area contributed by atoms with Gasteiger partial charge in [-0.2, -0.15) is 0 Å². The van der Waals surface area contributed by atoms with E-state index in [9.17, 15) is 19.5 Å². The van der Waals surface area contributed by atoms with Crippen LogP contribution in [0.4, 0.5) is 11.4 Å². The zero-order chi connectivity index (χ0) is 21.8. The van der Waals surface area contributed by atoms with Crippen molar-refractivity contribution < 1.29 is 24.3 Å². The van der Waals surface area contributed by atoms with Gasteiger partial charge in [0.25, 0.3) is 5.91 Å². The van der Waals surface area contributed by atoms with Gasteiger partial charge >= 0.3 is 11.9 Å². The molecule has 1 aliphatic rings. The summed E-state index contributed by atoms with van der Waals surface area (Å²) in [7, 11) is 0. The van der Waals surface area contributed by atoms with Gasteiger partial charge in [0.15, 0.2) is 5.71 Å². The largest absolute Gasteiger partial charge is 0.508 e. The second kappa shape index (κ2) is 8.50. The number of hydrogen-bond acceptors (Lipinski definition) is 6. The quantitative estimate of drug-likeness (QED) is 0.295. The lowest BCUT2D eigenvalue weighted by Crippen LogP contribution is -2.30. The van der Waals surface area contributed by atoms with E-state index >= 15 is 0 Å². The molecule has 3 aromatic carbocycles. The van der Waals surface area contributed by atoms with Crippen molar-refractivity contribution in [2.75, 3.05) is 10.2 Å². The van der Waals surface area contributed by atoms with E-state index in [-0.39, 0.29) is 11.5 Å². The lowest BCUT2D eigenvalue weighted by atomic mass is 10.1. The highest BCUT2D eigenvalue weighted by atomic mass is 16.7. The van der Waals surface area contributed by atoms with Gasteiger partial charge < -0.3 is 20.2 Å². The molecule has 1 aliphatic heterocycles. The Morgan fingerprint density at radius 1 is 0.935 bits per heavy atom. The number of anilines is 2. The fourth-order valence-electron chi connectivity index (χ4n) is 3.13. The molecule has 8 heteroatoms. The number of carbonyl (C=O) groups is 3. The number of nitrogens with one attached hydrogen (secondary N) is 1. The Hall–Kier alpha value is -4.46. The Morgan fingerprint density at radius 2 is 1.61 bits per heavy atom. The van der Waals surface area contributed by atoms with E-state index < -0.39 is 17.8 Å². The van der Waals surface area contributed by atoms with Gasteiger partial charge in [-0.3, -0.25) is 9.59 Å². The van der Waals surface area contributed by atoms with Crippen LogP contribution in [0.2, 0.25) is 0 Å². The van der Waals surface area contributed by atoms with Crippen LogP contribution in [-0.2, 0) is 25.8 Å². The van der Waals surface area contributed by atoms with Crippen molar-refractivity contribution in [3.05, 3.63) is 90.0 Å². The summed E-state index contributed by atoms with van der Waals surface area (Å²) in [5.74, 6) is -2.75. The molecule has 4 rings (SSSR count). The summed E-state index contributed by atoms with van der Waals surface area (Å²) in [6, 6.07) is 22.0. The lowest BCUT2D eigenvalue weighted by Gasteiger charge is -2.16. The number of oxime groups is 1. The third kappa shape index (κ3) is 4.27. The maximum absolute atomic E-state index is 13.0. The van der Waals surface area contributed by atoms with E-state index in [1.807, 2.05) is 30.3 Å². The number of rotatable bonds is 4. The van der Waals surface area contributed by atoms with Gasteiger partial charge in [0.1, 0.15) is 5.75 Å². The van der Waals surface area contributed by atoms with Crippen LogP contribution in [0, 0.1) is 0 Å². The predicted molar refractivity (Wildman–Crippen MR) is 113 cm³/mol. The highest BCUT2D eigenvalue weighted by Crippen LogP contribution is 2.30. The van der Waals surface area contributed by atoms with E-state index in [1.54, 1.807) is 24.3 Å². The van der Waals surface area contributed by atoms with Crippen molar-refractivity contribution >= 4 is 34.9 Å². The van der Waals surface area contributed by atoms with Crippen molar-refractivity contribution in [2.24, 2.45) is 5.16 Å². The number of phenolic OH excluding ortho intramolecular Hbond substituents is 1. The molecule has 3 aromatic rings. The van der Waals surface area contributed by atoms with E-state index in [1.165, 1.54) is 29.2 Å².